The van der Waals surface area contributed by atoms with Gasteiger partial charge in [-0.2, -0.15) is 0 Å². The van der Waals surface area contributed by atoms with Gasteiger partial charge in [0.05, 0.1) is 12.2 Å². The van der Waals surface area contributed by atoms with Gasteiger partial charge >= 0.3 is 0 Å². The van der Waals surface area contributed by atoms with E-state index in [1.54, 1.807) is 0 Å². The fraction of sp³-hybridized carbons (Fsp3) is 0.600. The molecule has 0 amide bonds. The topological polar surface area (TPSA) is 9.23 Å². The third-order valence-corrected chi connectivity index (χ3v) is 3.24. The predicted octanol–water partition coefficient (Wildman–Crippen LogP) is 3.86. The van der Waals surface area contributed by atoms with E-state index in [1.807, 2.05) is 0 Å². The molecule has 1 unspecified atom stereocenters. The molecule has 1 aliphatic rings. The van der Waals surface area contributed by atoms with Gasteiger partial charge in [0, 0.05) is 6.42 Å². The van der Waals surface area contributed by atoms with Crippen LogP contribution in [0, 0.1) is 12.3 Å². The molecule has 0 aromatic heterocycles. The molecule has 1 rings (SSSR count). The van der Waals surface area contributed by atoms with Gasteiger partial charge in [0.1, 0.15) is 0 Å². The van der Waals surface area contributed by atoms with Gasteiger partial charge in [-0.1, -0.05) is 17.7 Å². The molecule has 0 heterocycles. The highest BCUT2D eigenvalue weighted by molar-refractivity contribution is 5.21. The van der Waals surface area contributed by atoms with E-state index in [0.717, 1.165) is 25.7 Å². The fourth-order valence-corrected chi connectivity index (χ4v) is 2.13. The summed E-state index contributed by atoms with van der Waals surface area (Å²) in [6, 6.07) is 0. The second-order valence-corrected chi connectivity index (χ2v) is 4.72. The molecule has 1 nitrogen and oxygen atoms in total. The van der Waals surface area contributed by atoms with Crippen molar-refractivity contribution in [2.75, 3.05) is 6.61 Å². The standard InChI is InChI=1S/C15H22O/c1-5-6-10-15(11-7-8-14(15)4)16-12-9-13(2)3/h1,8-9H,6-7,10-12H2,2-4H3. The number of hydrogen-bond donors (Lipinski definition) is 0. The van der Waals surface area contributed by atoms with E-state index in [1.165, 1.54) is 11.1 Å². The van der Waals surface area contributed by atoms with Crippen LogP contribution in [0.2, 0.25) is 0 Å². The van der Waals surface area contributed by atoms with Crippen LogP contribution < -0.4 is 0 Å². The van der Waals surface area contributed by atoms with E-state index < -0.39 is 0 Å². The molecule has 0 spiro atoms. The summed E-state index contributed by atoms with van der Waals surface area (Å²) in [5.41, 5.74) is 2.56. The molecule has 1 atom stereocenters. The first-order valence-corrected chi connectivity index (χ1v) is 5.99. The summed E-state index contributed by atoms with van der Waals surface area (Å²) in [4.78, 5) is 0. The zero-order valence-corrected chi connectivity index (χ0v) is 10.7. The third-order valence-electron chi connectivity index (χ3n) is 3.24. The molecular formula is C15H22O. The number of rotatable bonds is 5. The summed E-state index contributed by atoms with van der Waals surface area (Å²) in [7, 11) is 0. The SMILES string of the molecule is C#CCCC1(OCC=C(C)C)CCC=C1C. The monoisotopic (exact) mass is 218 g/mol. The lowest BCUT2D eigenvalue weighted by Gasteiger charge is -2.30. The van der Waals surface area contributed by atoms with Crippen LogP contribution in [0.15, 0.2) is 23.3 Å². The van der Waals surface area contributed by atoms with Crippen molar-refractivity contribution >= 4 is 0 Å². The number of terminal acetylenes is 1. The number of allylic oxidation sites excluding steroid dienone is 2. The predicted molar refractivity (Wildman–Crippen MR) is 69.2 cm³/mol. The first-order chi connectivity index (χ1) is 7.60. The Morgan fingerprint density at radius 2 is 2.38 bits per heavy atom. The maximum atomic E-state index is 6.08. The van der Waals surface area contributed by atoms with Crippen molar-refractivity contribution in [2.24, 2.45) is 0 Å². The number of hydrogen-bond acceptors (Lipinski definition) is 1. The summed E-state index contributed by atoms with van der Waals surface area (Å²) < 4.78 is 6.08. The Hall–Kier alpha value is -1.00. The lowest BCUT2D eigenvalue weighted by molar-refractivity contribution is -0.00579. The first kappa shape index (κ1) is 13.1. The maximum absolute atomic E-state index is 6.08. The third kappa shape index (κ3) is 3.25. The largest absolute Gasteiger partial charge is 0.367 e. The van der Waals surface area contributed by atoms with Gasteiger partial charge in [0.15, 0.2) is 0 Å². The zero-order valence-electron chi connectivity index (χ0n) is 10.7. The van der Waals surface area contributed by atoms with E-state index >= 15 is 0 Å². The van der Waals surface area contributed by atoms with Crippen molar-refractivity contribution in [3.8, 4) is 12.3 Å². The average molecular weight is 218 g/mol. The van der Waals surface area contributed by atoms with Crippen molar-refractivity contribution in [1.29, 1.82) is 0 Å². The molecule has 0 bridgehead atoms. The van der Waals surface area contributed by atoms with Crippen LogP contribution >= 0.6 is 0 Å². The Morgan fingerprint density at radius 1 is 1.62 bits per heavy atom. The van der Waals surface area contributed by atoms with E-state index in [2.05, 4.69) is 38.8 Å². The van der Waals surface area contributed by atoms with E-state index in [0.29, 0.717) is 6.61 Å². The normalized spacial score (nSPS) is 23.8. The highest BCUT2D eigenvalue weighted by Gasteiger charge is 2.34. The van der Waals surface area contributed by atoms with Crippen LogP contribution in [0.3, 0.4) is 0 Å². The van der Waals surface area contributed by atoms with Gasteiger partial charge in [-0.25, -0.2) is 0 Å². The second-order valence-electron chi connectivity index (χ2n) is 4.72. The highest BCUT2D eigenvalue weighted by atomic mass is 16.5. The quantitative estimate of drug-likeness (QED) is 0.503. The van der Waals surface area contributed by atoms with Gasteiger partial charge < -0.3 is 4.74 Å². The van der Waals surface area contributed by atoms with Crippen LogP contribution in [0.1, 0.15) is 46.5 Å². The van der Waals surface area contributed by atoms with Gasteiger partial charge in [-0.15, -0.1) is 12.3 Å². The van der Waals surface area contributed by atoms with Crippen molar-refractivity contribution in [1.82, 2.24) is 0 Å². The molecule has 1 heteroatoms. The maximum Gasteiger partial charge on any atom is 0.0905 e. The van der Waals surface area contributed by atoms with Crippen molar-refractivity contribution in [3.05, 3.63) is 23.3 Å². The highest BCUT2D eigenvalue weighted by Crippen LogP contribution is 2.37. The molecule has 0 aromatic carbocycles. The molecule has 16 heavy (non-hydrogen) atoms. The summed E-state index contributed by atoms with van der Waals surface area (Å²) in [6.07, 6.45) is 13.7. The molecule has 88 valence electrons. The first-order valence-electron chi connectivity index (χ1n) is 5.99. The molecular weight excluding hydrogens is 196 g/mol. The van der Waals surface area contributed by atoms with E-state index in [9.17, 15) is 0 Å². The van der Waals surface area contributed by atoms with Gasteiger partial charge in [0.2, 0.25) is 0 Å². The number of ether oxygens (including phenoxy) is 1. The van der Waals surface area contributed by atoms with E-state index in [-0.39, 0.29) is 5.60 Å². The van der Waals surface area contributed by atoms with Crippen LogP contribution in [0.4, 0.5) is 0 Å². The molecule has 1 aliphatic carbocycles. The molecule has 0 saturated heterocycles. The Balaban J connectivity index is 2.62. The fourth-order valence-electron chi connectivity index (χ4n) is 2.13. The van der Waals surface area contributed by atoms with Crippen LogP contribution in [0.25, 0.3) is 0 Å². The van der Waals surface area contributed by atoms with Gasteiger partial charge in [0.25, 0.3) is 0 Å². The Labute approximate surface area is 99.6 Å². The lowest BCUT2D eigenvalue weighted by Crippen LogP contribution is -2.31. The Morgan fingerprint density at radius 3 is 2.88 bits per heavy atom. The average Bonchev–Trinajstić information content (AvgIpc) is 2.58. The van der Waals surface area contributed by atoms with Gasteiger partial charge in [-0.05, 0) is 45.6 Å². The minimum absolute atomic E-state index is 0.0850. The zero-order chi connectivity index (χ0) is 12.0. The molecule has 0 N–H and O–H groups in total. The Bertz CT molecular complexity index is 326. The smallest absolute Gasteiger partial charge is 0.0905 e. The minimum atomic E-state index is -0.0850. The lowest BCUT2D eigenvalue weighted by atomic mass is 9.91. The van der Waals surface area contributed by atoms with Crippen molar-refractivity contribution in [2.45, 2.75) is 52.1 Å². The summed E-state index contributed by atoms with van der Waals surface area (Å²) >= 11 is 0. The van der Waals surface area contributed by atoms with Crippen molar-refractivity contribution < 1.29 is 4.74 Å². The summed E-state index contributed by atoms with van der Waals surface area (Å²) in [5, 5.41) is 0. The molecule has 0 radical (unpaired) electrons. The molecule has 0 aromatic rings. The summed E-state index contributed by atoms with van der Waals surface area (Å²) in [5.74, 6) is 2.72. The van der Waals surface area contributed by atoms with Crippen molar-refractivity contribution in [3.63, 3.8) is 0 Å². The Kier molecular flexibility index (Phi) is 4.83. The van der Waals surface area contributed by atoms with Crippen LogP contribution in [-0.2, 0) is 4.74 Å². The minimum Gasteiger partial charge on any atom is -0.367 e. The van der Waals surface area contributed by atoms with Crippen LogP contribution in [-0.4, -0.2) is 12.2 Å². The molecule has 0 aliphatic heterocycles. The van der Waals surface area contributed by atoms with E-state index in [4.69, 9.17) is 11.2 Å². The second kappa shape index (κ2) is 5.92. The molecule has 0 fully saturated rings. The van der Waals surface area contributed by atoms with Crippen LogP contribution in [0.5, 0.6) is 0 Å². The summed E-state index contributed by atoms with van der Waals surface area (Å²) in [6.45, 7) is 7.04. The van der Waals surface area contributed by atoms with Gasteiger partial charge in [-0.3, -0.25) is 0 Å². The molecule has 0 saturated carbocycles.